The molecule has 1 N–H and O–H groups in total. The zero-order valence-corrected chi connectivity index (χ0v) is 17.0. The fourth-order valence-electron chi connectivity index (χ4n) is 3.53. The highest BCUT2D eigenvalue weighted by atomic mass is 32.2. The van der Waals surface area contributed by atoms with E-state index in [1.807, 2.05) is 6.07 Å². The van der Waals surface area contributed by atoms with E-state index in [0.717, 1.165) is 42.1 Å². The number of nitrogens with one attached hydrogen (secondary N) is 1. The first-order chi connectivity index (χ1) is 14.5. The molecule has 0 amide bonds. The van der Waals surface area contributed by atoms with Gasteiger partial charge in [0.1, 0.15) is 11.3 Å². The molecule has 1 aliphatic heterocycles. The molecule has 0 unspecified atom stereocenters. The van der Waals surface area contributed by atoms with E-state index < -0.39 is 15.8 Å². The Labute approximate surface area is 173 Å². The number of aromatic nitrogens is 3. The second-order valence-electron chi connectivity index (χ2n) is 7.52. The Kier molecular flexibility index (Phi) is 4.75. The molecule has 1 aromatic carbocycles. The lowest BCUT2D eigenvalue weighted by atomic mass is 10.3. The first-order valence-corrected chi connectivity index (χ1v) is 11.3. The van der Waals surface area contributed by atoms with Crippen molar-refractivity contribution in [3.8, 4) is 0 Å². The molecule has 0 spiro atoms. The average molecular weight is 428 g/mol. The summed E-state index contributed by atoms with van der Waals surface area (Å²) in [6.07, 6.45) is 5.59. The molecule has 0 radical (unpaired) electrons. The van der Waals surface area contributed by atoms with Gasteiger partial charge >= 0.3 is 0 Å². The number of fused-ring (bicyclic) bond motifs is 1. The minimum Gasteiger partial charge on any atom is -0.364 e. The third kappa shape index (κ3) is 3.68. The van der Waals surface area contributed by atoms with Gasteiger partial charge in [-0.3, -0.25) is 4.98 Å². The van der Waals surface area contributed by atoms with Crippen LogP contribution in [0.1, 0.15) is 12.8 Å². The molecule has 3 heterocycles. The largest absolute Gasteiger partial charge is 0.364 e. The molecule has 30 heavy (non-hydrogen) atoms. The summed E-state index contributed by atoms with van der Waals surface area (Å²) >= 11 is 0. The highest BCUT2D eigenvalue weighted by Gasteiger charge is 2.31. The van der Waals surface area contributed by atoms with Gasteiger partial charge in [0.05, 0.1) is 16.6 Å². The second-order valence-corrected chi connectivity index (χ2v) is 9.46. The summed E-state index contributed by atoms with van der Waals surface area (Å²) < 4.78 is 40.3. The van der Waals surface area contributed by atoms with Gasteiger partial charge in [-0.25, -0.2) is 22.8 Å². The van der Waals surface area contributed by atoms with Crippen LogP contribution in [0.5, 0.6) is 0 Å². The summed E-state index contributed by atoms with van der Waals surface area (Å²) in [5.41, 5.74) is 1.48. The standard InChI is InChI=1S/C20H21FN6O2S/c21-14-1-5-16(6-2-14)30(28,29)27-11-9-26(10-12-27)20-19(23-15-3-4-15)24-17-7-8-22-13-18(17)25-20/h1-2,5-8,13,15H,3-4,9-12H2,(H,23,24). The summed E-state index contributed by atoms with van der Waals surface area (Å²) in [7, 11) is -3.66. The van der Waals surface area contributed by atoms with E-state index in [0.29, 0.717) is 37.7 Å². The van der Waals surface area contributed by atoms with E-state index in [2.05, 4.69) is 15.2 Å². The molecule has 1 saturated carbocycles. The van der Waals surface area contributed by atoms with Crippen molar-refractivity contribution in [1.82, 2.24) is 19.3 Å². The molecule has 2 aliphatic rings. The number of rotatable bonds is 5. The van der Waals surface area contributed by atoms with Crippen molar-refractivity contribution in [2.24, 2.45) is 0 Å². The molecule has 1 aliphatic carbocycles. The smallest absolute Gasteiger partial charge is 0.243 e. The number of piperazine rings is 1. The summed E-state index contributed by atoms with van der Waals surface area (Å²) in [4.78, 5) is 15.8. The Bertz CT molecular complexity index is 1180. The van der Waals surface area contributed by atoms with Gasteiger partial charge in [-0.15, -0.1) is 0 Å². The van der Waals surface area contributed by atoms with Crippen molar-refractivity contribution in [2.75, 3.05) is 36.4 Å². The first-order valence-electron chi connectivity index (χ1n) is 9.90. The number of anilines is 2. The van der Waals surface area contributed by atoms with Gasteiger partial charge < -0.3 is 10.2 Å². The summed E-state index contributed by atoms with van der Waals surface area (Å²) in [5.74, 6) is 0.992. The molecule has 0 atom stereocenters. The molecule has 5 rings (SSSR count). The van der Waals surface area contributed by atoms with Crippen LogP contribution in [0.2, 0.25) is 0 Å². The zero-order valence-electron chi connectivity index (χ0n) is 16.2. The fourth-order valence-corrected chi connectivity index (χ4v) is 4.95. The lowest BCUT2D eigenvalue weighted by molar-refractivity contribution is 0.384. The van der Waals surface area contributed by atoms with Crippen LogP contribution < -0.4 is 10.2 Å². The van der Waals surface area contributed by atoms with Crippen molar-refractivity contribution in [3.63, 3.8) is 0 Å². The number of hydrogen-bond donors (Lipinski definition) is 1. The van der Waals surface area contributed by atoms with Gasteiger partial charge in [0.15, 0.2) is 11.6 Å². The maximum atomic E-state index is 13.2. The summed E-state index contributed by atoms with van der Waals surface area (Å²) in [6, 6.07) is 7.18. The molecule has 8 nitrogen and oxygen atoms in total. The quantitative estimate of drug-likeness (QED) is 0.666. The van der Waals surface area contributed by atoms with Gasteiger partial charge in [-0.2, -0.15) is 4.31 Å². The van der Waals surface area contributed by atoms with E-state index in [4.69, 9.17) is 9.97 Å². The Hall–Kier alpha value is -2.85. The van der Waals surface area contributed by atoms with Gasteiger partial charge in [0.25, 0.3) is 0 Å². The molecular weight excluding hydrogens is 407 g/mol. The predicted molar refractivity (Wildman–Crippen MR) is 111 cm³/mol. The van der Waals surface area contributed by atoms with Crippen LogP contribution in [0.3, 0.4) is 0 Å². The Morgan fingerprint density at radius 2 is 1.70 bits per heavy atom. The fraction of sp³-hybridized carbons (Fsp3) is 0.350. The van der Waals surface area contributed by atoms with Crippen LogP contribution in [-0.2, 0) is 10.0 Å². The van der Waals surface area contributed by atoms with Crippen molar-refractivity contribution in [1.29, 1.82) is 0 Å². The molecule has 2 fully saturated rings. The highest BCUT2D eigenvalue weighted by Crippen LogP contribution is 2.31. The molecule has 2 aromatic heterocycles. The third-order valence-corrected chi connectivity index (χ3v) is 7.27. The van der Waals surface area contributed by atoms with E-state index >= 15 is 0 Å². The zero-order chi connectivity index (χ0) is 20.7. The average Bonchev–Trinajstić information content (AvgIpc) is 3.58. The predicted octanol–water partition coefficient (Wildman–Crippen LogP) is 2.25. The van der Waals surface area contributed by atoms with Crippen LogP contribution in [0.25, 0.3) is 11.0 Å². The van der Waals surface area contributed by atoms with Crippen molar-refractivity contribution in [3.05, 3.63) is 48.5 Å². The number of sulfonamides is 1. The molecule has 156 valence electrons. The molecular formula is C20H21FN6O2S. The normalized spacial score (nSPS) is 18.0. The third-order valence-electron chi connectivity index (χ3n) is 5.36. The molecule has 0 bridgehead atoms. The van der Waals surface area contributed by atoms with E-state index in [1.165, 1.54) is 16.4 Å². The van der Waals surface area contributed by atoms with E-state index in [9.17, 15) is 12.8 Å². The number of nitrogens with zero attached hydrogens (tertiary/aromatic N) is 5. The summed E-state index contributed by atoms with van der Waals surface area (Å²) in [5, 5.41) is 3.44. The first kappa shape index (κ1) is 19.1. The van der Waals surface area contributed by atoms with Gasteiger partial charge in [-0.1, -0.05) is 0 Å². The number of benzene rings is 1. The van der Waals surface area contributed by atoms with E-state index in [-0.39, 0.29) is 4.90 Å². The van der Waals surface area contributed by atoms with Crippen LogP contribution >= 0.6 is 0 Å². The van der Waals surface area contributed by atoms with Gasteiger partial charge in [0, 0.05) is 38.4 Å². The lowest BCUT2D eigenvalue weighted by Crippen LogP contribution is -2.49. The minimum atomic E-state index is -3.66. The molecule has 10 heteroatoms. The molecule has 1 saturated heterocycles. The van der Waals surface area contributed by atoms with Crippen molar-refractivity contribution >= 4 is 32.7 Å². The highest BCUT2D eigenvalue weighted by molar-refractivity contribution is 7.89. The summed E-state index contributed by atoms with van der Waals surface area (Å²) in [6.45, 7) is 1.60. The van der Waals surface area contributed by atoms with Crippen LogP contribution in [-0.4, -0.2) is 59.9 Å². The maximum absolute atomic E-state index is 13.2. The molecule has 3 aromatic rings. The Morgan fingerprint density at radius 1 is 0.967 bits per heavy atom. The Morgan fingerprint density at radius 3 is 2.40 bits per heavy atom. The van der Waals surface area contributed by atoms with Crippen LogP contribution in [0, 0.1) is 5.82 Å². The number of halogens is 1. The van der Waals surface area contributed by atoms with Gasteiger partial charge in [-0.05, 0) is 43.2 Å². The second kappa shape index (κ2) is 7.44. The number of hydrogen-bond acceptors (Lipinski definition) is 7. The van der Waals surface area contributed by atoms with E-state index in [1.54, 1.807) is 12.4 Å². The van der Waals surface area contributed by atoms with Gasteiger partial charge in [0.2, 0.25) is 10.0 Å². The van der Waals surface area contributed by atoms with Crippen molar-refractivity contribution < 1.29 is 12.8 Å². The minimum absolute atomic E-state index is 0.102. The van der Waals surface area contributed by atoms with Crippen molar-refractivity contribution in [2.45, 2.75) is 23.8 Å². The SMILES string of the molecule is O=S(=O)(c1ccc(F)cc1)N1CCN(c2nc3cnccc3nc2NC2CC2)CC1. The Balaban J connectivity index is 1.38. The monoisotopic (exact) mass is 428 g/mol. The van der Waals surface area contributed by atoms with Crippen LogP contribution in [0.15, 0.2) is 47.6 Å². The topological polar surface area (TPSA) is 91.3 Å². The van der Waals surface area contributed by atoms with Crippen LogP contribution in [0.4, 0.5) is 16.0 Å². The number of pyridine rings is 1. The maximum Gasteiger partial charge on any atom is 0.243 e. The lowest BCUT2D eigenvalue weighted by Gasteiger charge is -2.35.